The van der Waals surface area contributed by atoms with Gasteiger partial charge in [0.15, 0.2) is 5.69 Å². The lowest BCUT2D eigenvalue weighted by molar-refractivity contribution is -0.384. The minimum Gasteiger partial charge on any atom is -0.346 e. The zero-order valence-electron chi connectivity index (χ0n) is 11.2. The van der Waals surface area contributed by atoms with E-state index in [1.54, 1.807) is 6.07 Å². The first-order chi connectivity index (χ1) is 10.1. The Morgan fingerprint density at radius 1 is 1.57 bits per heavy atom. The molecule has 0 radical (unpaired) electrons. The largest absolute Gasteiger partial charge is 0.346 e. The summed E-state index contributed by atoms with van der Waals surface area (Å²) in [5.41, 5.74) is 6.33. The molecule has 0 bridgehead atoms. The lowest BCUT2D eigenvalue weighted by atomic mass is 10.1. The Labute approximate surface area is 119 Å². The zero-order valence-corrected chi connectivity index (χ0v) is 11.2. The quantitative estimate of drug-likeness (QED) is 0.557. The number of aromatic amines is 1. The molecule has 1 amide bonds. The SMILES string of the molecule is NCC(NC(=O)c1n[nH]c2ccc([N+](=O)[O-])cc12)C1CC1. The molecule has 1 fully saturated rings. The number of nitro benzene ring substituents is 1. The number of hydrogen-bond acceptors (Lipinski definition) is 5. The molecule has 0 spiro atoms. The third-order valence-corrected chi connectivity index (χ3v) is 3.73. The molecule has 1 aliphatic carbocycles. The molecule has 3 rings (SSSR count). The van der Waals surface area contributed by atoms with Gasteiger partial charge < -0.3 is 11.1 Å². The van der Waals surface area contributed by atoms with Crippen molar-refractivity contribution in [1.82, 2.24) is 15.5 Å². The smallest absolute Gasteiger partial charge is 0.272 e. The molecule has 0 aliphatic heterocycles. The van der Waals surface area contributed by atoms with Crippen LogP contribution in [0.1, 0.15) is 23.3 Å². The van der Waals surface area contributed by atoms with Gasteiger partial charge in [-0.15, -0.1) is 0 Å². The number of aromatic nitrogens is 2. The number of nitrogens with two attached hydrogens (primary N) is 1. The van der Waals surface area contributed by atoms with E-state index in [0.717, 1.165) is 12.8 Å². The molecular weight excluding hydrogens is 274 g/mol. The fourth-order valence-corrected chi connectivity index (χ4v) is 2.39. The highest BCUT2D eigenvalue weighted by atomic mass is 16.6. The van der Waals surface area contributed by atoms with E-state index >= 15 is 0 Å². The number of benzene rings is 1. The van der Waals surface area contributed by atoms with E-state index in [1.807, 2.05) is 0 Å². The summed E-state index contributed by atoms with van der Waals surface area (Å²) in [6.45, 7) is 0.374. The van der Waals surface area contributed by atoms with E-state index in [4.69, 9.17) is 5.73 Å². The van der Waals surface area contributed by atoms with Crippen LogP contribution in [0.25, 0.3) is 10.9 Å². The summed E-state index contributed by atoms with van der Waals surface area (Å²) in [6.07, 6.45) is 2.13. The minimum atomic E-state index is -0.499. The Kier molecular flexibility index (Phi) is 3.30. The second-order valence-electron chi connectivity index (χ2n) is 5.21. The Hall–Kier alpha value is -2.48. The number of nitrogens with zero attached hydrogens (tertiary/aromatic N) is 2. The van der Waals surface area contributed by atoms with Crippen LogP contribution in [0.4, 0.5) is 5.69 Å². The van der Waals surface area contributed by atoms with Crippen molar-refractivity contribution < 1.29 is 9.72 Å². The van der Waals surface area contributed by atoms with E-state index in [2.05, 4.69) is 15.5 Å². The van der Waals surface area contributed by atoms with Gasteiger partial charge in [-0.3, -0.25) is 20.0 Å². The lowest BCUT2D eigenvalue weighted by Gasteiger charge is -2.14. The first-order valence-corrected chi connectivity index (χ1v) is 6.73. The van der Waals surface area contributed by atoms with Crippen molar-refractivity contribution in [2.45, 2.75) is 18.9 Å². The fourth-order valence-electron chi connectivity index (χ4n) is 2.39. The second-order valence-corrected chi connectivity index (χ2v) is 5.21. The van der Waals surface area contributed by atoms with Crippen molar-refractivity contribution in [3.8, 4) is 0 Å². The van der Waals surface area contributed by atoms with E-state index in [-0.39, 0.29) is 23.3 Å². The number of amides is 1. The number of fused-ring (bicyclic) bond motifs is 1. The molecule has 0 saturated heterocycles. The Morgan fingerprint density at radius 3 is 2.95 bits per heavy atom. The van der Waals surface area contributed by atoms with Crippen LogP contribution < -0.4 is 11.1 Å². The molecule has 8 nitrogen and oxygen atoms in total. The maximum Gasteiger partial charge on any atom is 0.272 e. The molecule has 1 unspecified atom stereocenters. The molecule has 110 valence electrons. The summed E-state index contributed by atoms with van der Waals surface area (Å²) in [4.78, 5) is 22.6. The Balaban J connectivity index is 1.90. The van der Waals surface area contributed by atoms with E-state index in [1.165, 1.54) is 12.1 Å². The Morgan fingerprint density at radius 2 is 2.33 bits per heavy atom. The van der Waals surface area contributed by atoms with Gasteiger partial charge in [-0.2, -0.15) is 5.10 Å². The van der Waals surface area contributed by atoms with Crippen molar-refractivity contribution >= 4 is 22.5 Å². The molecular formula is C13H15N5O3. The van der Waals surface area contributed by atoms with Gasteiger partial charge in [0.1, 0.15) is 0 Å². The molecule has 8 heteroatoms. The van der Waals surface area contributed by atoms with Crippen LogP contribution in [0.5, 0.6) is 0 Å². The number of nitro groups is 1. The van der Waals surface area contributed by atoms with Crippen molar-refractivity contribution in [3.05, 3.63) is 34.0 Å². The van der Waals surface area contributed by atoms with Crippen molar-refractivity contribution in [3.63, 3.8) is 0 Å². The zero-order chi connectivity index (χ0) is 15.0. The monoisotopic (exact) mass is 289 g/mol. The van der Waals surface area contributed by atoms with Crippen molar-refractivity contribution in [2.24, 2.45) is 11.7 Å². The molecule has 1 aromatic carbocycles. The fraction of sp³-hybridized carbons (Fsp3) is 0.385. The summed E-state index contributed by atoms with van der Waals surface area (Å²) in [7, 11) is 0. The molecule has 1 aliphatic rings. The van der Waals surface area contributed by atoms with Crippen LogP contribution in [0, 0.1) is 16.0 Å². The molecule has 1 atom stereocenters. The van der Waals surface area contributed by atoms with Gasteiger partial charge in [0.2, 0.25) is 0 Å². The van der Waals surface area contributed by atoms with Crippen LogP contribution >= 0.6 is 0 Å². The predicted molar refractivity (Wildman–Crippen MR) is 75.8 cm³/mol. The summed E-state index contributed by atoms with van der Waals surface area (Å²) >= 11 is 0. The predicted octanol–water partition coefficient (Wildman–Crippen LogP) is 0.938. The molecule has 1 saturated carbocycles. The highest BCUT2D eigenvalue weighted by molar-refractivity contribution is 6.05. The van der Waals surface area contributed by atoms with Gasteiger partial charge >= 0.3 is 0 Å². The molecule has 2 aromatic rings. The average Bonchev–Trinajstić information content (AvgIpc) is 3.22. The van der Waals surface area contributed by atoms with E-state index < -0.39 is 4.92 Å². The van der Waals surface area contributed by atoms with Crippen LogP contribution in [0.3, 0.4) is 0 Å². The highest BCUT2D eigenvalue weighted by Crippen LogP contribution is 2.32. The molecule has 1 aromatic heterocycles. The van der Waals surface area contributed by atoms with Crippen LogP contribution in [0.2, 0.25) is 0 Å². The van der Waals surface area contributed by atoms with Crippen LogP contribution in [-0.2, 0) is 0 Å². The lowest BCUT2D eigenvalue weighted by Crippen LogP contribution is -2.41. The van der Waals surface area contributed by atoms with Gasteiger partial charge in [-0.25, -0.2) is 0 Å². The Bertz CT molecular complexity index is 707. The maximum absolute atomic E-state index is 12.3. The van der Waals surface area contributed by atoms with Gasteiger partial charge in [0, 0.05) is 30.1 Å². The summed E-state index contributed by atoms with van der Waals surface area (Å²) in [6, 6.07) is 4.19. The first-order valence-electron chi connectivity index (χ1n) is 6.73. The standard InChI is InChI=1S/C13H15N5O3/c14-6-11(7-1-2-7)15-13(19)12-9-5-8(18(20)21)3-4-10(9)16-17-12/h3-5,7,11H,1-2,6,14H2,(H,15,19)(H,16,17). The van der Waals surface area contributed by atoms with Gasteiger partial charge in [-0.1, -0.05) is 0 Å². The summed E-state index contributed by atoms with van der Waals surface area (Å²) in [5, 5.41) is 20.8. The third kappa shape index (κ3) is 2.57. The molecule has 21 heavy (non-hydrogen) atoms. The van der Waals surface area contributed by atoms with E-state index in [9.17, 15) is 14.9 Å². The maximum atomic E-state index is 12.3. The normalized spacial score (nSPS) is 15.9. The summed E-state index contributed by atoms with van der Waals surface area (Å²) < 4.78 is 0. The number of H-pyrrole nitrogens is 1. The highest BCUT2D eigenvalue weighted by Gasteiger charge is 2.32. The van der Waals surface area contributed by atoms with Crippen LogP contribution in [0.15, 0.2) is 18.2 Å². The van der Waals surface area contributed by atoms with E-state index in [0.29, 0.717) is 23.4 Å². The first kappa shape index (κ1) is 13.5. The number of nitrogens with one attached hydrogen (secondary N) is 2. The number of carbonyl (C=O) groups excluding carboxylic acids is 1. The number of rotatable bonds is 5. The second kappa shape index (κ2) is 5.13. The van der Waals surface area contributed by atoms with Gasteiger partial charge in [-0.05, 0) is 24.8 Å². The number of carbonyl (C=O) groups is 1. The van der Waals surface area contributed by atoms with Gasteiger partial charge in [0.05, 0.1) is 10.4 Å². The molecule has 4 N–H and O–H groups in total. The third-order valence-electron chi connectivity index (χ3n) is 3.73. The van der Waals surface area contributed by atoms with Crippen molar-refractivity contribution in [2.75, 3.05) is 6.54 Å². The number of non-ortho nitro benzene ring substituents is 1. The number of hydrogen-bond donors (Lipinski definition) is 3. The molecule has 1 heterocycles. The van der Waals surface area contributed by atoms with Gasteiger partial charge in [0.25, 0.3) is 11.6 Å². The average molecular weight is 289 g/mol. The minimum absolute atomic E-state index is 0.0667. The van der Waals surface area contributed by atoms with Crippen LogP contribution in [-0.4, -0.2) is 33.6 Å². The topological polar surface area (TPSA) is 127 Å². The summed E-state index contributed by atoms with van der Waals surface area (Å²) in [5.74, 6) is 0.0718. The van der Waals surface area contributed by atoms with Crippen molar-refractivity contribution in [1.29, 1.82) is 0 Å².